The number of β-amino-alcohol motifs (C(OH)–C–C–N with tert-alkyl or cyclic N) is 1. The van der Waals surface area contributed by atoms with Gasteiger partial charge in [-0.3, -0.25) is 9.80 Å². The van der Waals surface area contributed by atoms with Crippen LogP contribution in [0.3, 0.4) is 0 Å². The van der Waals surface area contributed by atoms with Gasteiger partial charge in [0.1, 0.15) is 5.82 Å². The molecule has 0 aromatic carbocycles. The van der Waals surface area contributed by atoms with Crippen LogP contribution in [0.25, 0.3) is 0 Å². The van der Waals surface area contributed by atoms with Gasteiger partial charge in [0.05, 0.1) is 25.0 Å². The van der Waals surface area contributed by atoms with E-state index in [-0.39, 0.29) is 6.10 Å². The molecule has 1 atom stereocenters. The number of aliphatic hydroxyl groups is 1. The molecule has 1 saturated heterocycles. The molecular weight excluding hydrogens is 280 g/mol. The number of fused-ring (bicyclic) bond motifs is 1. The number of imidazole rings is 1. The largest absolute Gasteiger partial charge is 0.390 e. The second kappa shape index (κ2) is 7.55. The van der Waals surface area contributed by atoms with Crippen molar-refractivity contribution in [2.24, 2.45) is 0 Å². The predicted octanol–water partition coefficient (Wildman–Crippen LogP) is 0.344. The molecule has 3 heterocycles. The highest BCUT2D eigenvalue weighted by molar-refractivity contribution is 5.06. The summed E-state index contributed by atoms with van der Waals surface area (Å²) in [5.41, 5.74) is 1.12. The molecule has 0 radical (unpaired) electrons. The van der Waals surface area contributed by atoms with E-state index in [9.17, 15) is 5.11 Å². The first-order chi connectivity index (χ1) is 10.7. The van der Waals surface area contributed by atoms with Crippen LogP contribution in [0.1, 0.15) is 24.4 Å². The summed E-state index contributed by atoms with van der Waals surface area (Å²) in [7, 11) is 2.06. The minimum Gasteiger partial charge on any atom is -0.390 e. The van der Waals surface area contributed by atoms with Crippen LogP contribution in [0.5, 0.6) is 0 Å². The Bertz CT molecular complexity index is 447. The van der Waals surface area contributed by atoms with Gasteiger partial charge in [0.2, 0.25) is 0 Å². The molecular formula is C16H28N4O2. The molecule has 0 amide bonds. The normalized spacial score (nSPS) is 21.0. The number of ether oxygens (including phenoxy) is 1. The Morgan fingerprint density at radius 3 is 2.91 bits per heavy atom. The molecule has 1 aromatic heterocycles. The average Bonchev–Trinajstić information content (AvgIpc) is 2.89. The minimum atomic E-state index is -0.319. The van der Waals surface area contributed by atoms with E-state index < -0.39 is 0 Å². The molecule has 0 saturated carbocycles. The van der Waals surface area contributed by atoms with Gasteiger partial charge >= 0.3 is 0 Å². The van der Waals surface area contributed by atoms with Gasteiger partial charge in [0, 0.05) is 51.9 Å². The van der Waals surface area contributed by atoms with E-state index in [1.54, 1.807) is 0 Å². The van der Waals surface area contributed by atoms with Crippen molar-refractivity contribution in [1.82, 2.24) is 19.4 Å². The maximum atomic E-state index is 10.3. The summed E-state index contributed by atoms with van der Waals surface area (Å²) in [6, 6.07) is 0. The summed E-state index contributed by atoms with van der Waals surface area (Å²) in [5, 5.41) is 10.3. The smallest absolute Gasteiger partial charge is 0.109 e. The lowest BCUT2D eigenvalue weighted by atomic mass is 10.2. The molecule has 0 aliphatic carbocycles. The number of hydrogen-bond donors (Lipinski definition) is 1. The zero-order valence-electron chi connectivity index (χ0n) is 13.6. The molecule has 1 N–H and O–H groups in total. The third-order valence-electron chi connectivity index (χ3n) is 4.49. The number of rotatable bonds is 6. The first-order valence-corrected chi connectivity index (χ1v) is 8.42. The highest BCUT2D eigenvalue weighted by atomic mass is 16.5. The predicted molar refractivity (Wildman–Crippen MR) is 84.8 cm³/mol. The number of aromatic nitrogens is 2. The Kier molecular flexibility index (Phi) is 5.46. The SMILES string of the molecule is CN(Cc1cn2c(n1)CCCC2)CC(O)CN1CCOCC1. The summed E-state index contributed by atoms with van der Waals surface area (Å²) in [4.78, 5) is 9.17. The summed E-state index contributed by atoms with van der Waals surface area (Å²) in [6.07, 6.45) is 5.48. The molecule has 124 valence electrons. The van der Waals surface area contributed by atoms with Gasteiger partial charge < -0.3 is 14.4 Å². The van der Waals surface area contributed by atoms with Crippen molar-refractivity contribution in [2.45, 2.75) is 38.5 Å². The van der Waals surface area contributed by atoms with Gasteiger partial charge in [0.25, 0.3) is 0 Å². The lowest BCUT2D eigenvalue weighted by molar-refractivity contribution is 0.00819. The van der Waals surface area contributed by atoms with Crippen LogP contribution in [-0.2, 0) is 24.2 Å². The summed E-state index contributed by atoms with van der Waals surface area (Å²) >= 11 is 0. The molecule has 3 rings (SSSR count). The monoisotopic (exact) mass is 308 g/mol. The topological polar surface area (TPSA) is 53.8 Å². The van der Waals surface area contributed by atoms with E-state index in [0.29, 0.717) is 6.54 Å². The van der Waals surface area contributed by atoms with Crippen molar-refractivity contribution < 1.29 is 9.84 Å². The minimum absolute atomic E-state index is 0.319. The van der Waals surface area contributed by atoms with Gasteiger partial charge in [-0.1, -0.05) is 0 Å². The van der Waals surface area contributed by atoms with Crippen molar-refractivity contribution in [3.8, 4) is 0 Å². The number of morpholine rings is 1. The molecule has 0 spiro atoms. The molecule has 1 unspecified atom stereocenters. The van der Waals surface area contributed by atoms with Gasteiger partial charge in [-0.05, 0) is 19.9 Å². The maximum Gasteiger partial charge on any atom is 0.109 e. The van der Waals surface area contributed by atoms with Crippen molar-refractivity contribution >= 4 is 0 Å². The summed E-state index contributed by atoms with van der Waals surface area (Å²) < 4.78 is 7.63. The van der Waals surface area contributed by atoms with Crippen LogP contribution >= 0.6 is 0 Å². The van der Waals surface area contributed by atoms with E-state index in [1.165, 1.54) is 18.7 Å². The Hall–Kier alpha value is -0.950. The van der Waals surface area contributed by atoms with Crippen LogP contribution in [0.2, 0.25) is 0 Å². The Balaban J connectivity index is 1.45. The number of aliphatic hydroxyl groups excluding tert-OH is 1. The van der Waals surface area contributed by atoms with Crippen molar-refractivity contribution in [2.75, 3.05) is 46.4 Å². The first kappa shape index (κ1) is 15.9. The molecule has 2 aliphatic heterocycles. The molecule has 6 heteroatoms. The number of aryl methyl sites for hydroxylation is 2. The fourth-order valence-electron chi connectivity index (χ4n) is 3.39. The third-order valence-corrected chi connectivity index (χ3v) is 4.49. The van der Waals surface area contributed by atoms with Crippen LogP contribution < -0.4 is 0 Å². The molecule has 1 fully saturated rings. The molecule has 6 nitrogen and oxygen atoms in total. The zero-order chi connectivity index (χ0) is 15.4. The highest BCUT2D eigenvalue weighted by Gasteiger charge is 2.17. The van der Waals surface area contributed by atoms with Crippen LogP contribution in [0.4, 0.5) is 0 Å². The summed E-state index contributed by atoms with van der Waals surface area (Å²) in [6.45, 7) is 6.73. The van der Waals surface area contributed by atoms with E-state index in [2.05, 4.69) is 27.6 Å². The first-order valence-electron chi connectivity index (χ1n) is 8.42. The quantitative estimate of drug-likeness (QED) is 0.821. The molecule has 0 bridgehead atoms. The van der Waals surface area contributed by atoms with Gasteiger partial charge in [-0.15, -0.1) is 0 Å². The van der Waals surface area contributed by atoms with Gasteiger partial charge in [-0.2, -0.15) is 0 Å². The molecule has 1 aromatic rings. The van der Waals surface area contributed by atoms with Crippen molar-refractivity contribution in [3.63, 3.8) is 0 Å². The second-order valence-corrected chi connectivity index (χ2v) is 6.56. The lowest BCUT2D eigenvalue weighted by Crippen LogP contribution is -2.44. The van der Waals surface area contributed by atoms with Gasteiger partial charge in [0.15, 0.2) is 0 Å². The maximum absolute atomic E-state index is 10.3. The second-order valence-electron chi connectivity index (χ2n) is 6.56. The van der Waals surface area contributed by atoms with Crippen LogP contribution in [0, 0.1) is 0 Å². The molecule has 22 heavy (non-hydrogen) atoms. The van der Waals surface area contributed by atoms with E-state index >= 15 is 0 Å². The standard InChI is InChI=1S/C16H28N4O2/c1-18(12-15(21)13-19-6-8-22-9-7-19)10-14-11-20-5-3-2-4-16(20)17-14/h11,15,21H,2-10,12-13H2,1H3. The molecule has 2 aliphatic rings. The van der Waals surface area contributed by atoms with Crippen LogP contribution in [-0.4, -0.2) is 77.0 Å². The van der Waals surface area contributed by atoms with E-state index in [4.69, 9.17) is 9.72 Å². The number of hydrogen-bond acceptors (Lipinski definition) is 5. The van der Waals surface area contributed by atoms with Gasteiger partial charge in [-0.25, -0.2) is 4.98 Å². The number of nitrogens with zero attached hydrogens (tertiary/aromatic N) is 4. The van der Waals surface area contributed by atoms with Crippen LogP contribution in [0.15, 0.2) is 6.20 Å². The van der Waals surface area contributed by atoms with E-state index in [0.717, 1.165) is 58.1 Å². The van der Waals surface area contributed by atoms with E-state index in [1.807, 2.05) is 0 Å². The highest BCUT2D eigenvalue weighted by Crippen LogP contribution is 2.15. The van der Waals surface area contributed by atoms with Crippen molar-refractivity contribution in [1.29, 1.82) is 0 Å². The fraction of sp³-hybridized carbons (Fsp3) is 0.812. The lowest BCUT2D eigenvalue weighted by Gasteiger charge is -2.29. The van der Waals surface area contributed by atoms with Crippen molar-refractivity contribution in [3.05, 3.63) is 17.7 Å². The Labute approximate surface area is 132 Å². The third kappa shape index (κ3) is 4.29. The summed E-state index contributed by atoms with van der Waals surface area (Å²) in [5.74, 6) is 1.23. The Morgan fingerprint density at radius 2 is 2.14 bits per heavy atom. The zero-order valence-corrected chi connectivity index (χ0v) is 13.6. The Morgan fingerprint density at radius 1 is 1.32 bits per heavy atom. The fourth-order valence-corrected chi connectivity index (χ4v) is 3.39. The average molecular weight is 308 g/mol. The number of likely N-dealkylation sites (N-methyl/N-ethyl adjacent to an activating group) is 1.